The molecule has 0 aromatic heterocycles. The average Bonchev–Trinajstić information content (AvgIpc) is 3.17. The van der Waals surface area contributed by atoms with Crippen LogP contribution in [-0.2, 0) is 4.79 Å². The van der Waals surface area contributed by atoms with Crippen LogP contribution in [0, 0.1) is 17.2 Å². The van der Waals surface area contributed by atoms with Crippen molar-refractivity contribution in [1.29, 1.82) is 5.26 Å². The van der Waals surface area contributed by atoms with E-state index in [-0.39, 0.29) is 5.91 Å². The molecule has 5 heteroatoms. The van der Waals surface area contributed by atoms with E-state index < -0.39 is 12.1 Å². The number of anilines is 2. The number of halogens is 1. The van der Waals surface area contributed by atoms with Crippen molar-refractivity contribution in [3.05, 3.63) is 48.0 Å². The standard InChI is InChI=1S/C21H20FN3O/c22-19-12-18(19)21(26)24-17-5-3-4-14(11-17)15-6-7-20(16(10-15)13-23)25-8-1-2-9-25/h3-7,10-11,18-19H,1-2,8-9,12H2,(H,24,26)/t18-,19+/m0/s1. The maximum Gasteiger partial charge on any atom is 0.230 e. The number of carbonyl (C=O) groups is 1. The molecule has 2 aromatic carbocycles. The molecule has 1 heterocycles. The van der Waals surface area contributed by atoms with E-state index in [1.165, 1.54) is 0 Å². The highest BCUT2D eigenvalue weighted by atomic mass is 19.1. The number of nitrogens with zero attached hydrogens (tertiary/aromatic N) is 2. The molecule has 4 rings (SSSR count). The fourth-order valence-electron chi connectivity index (χ4n) is 3.49. The minimum absolute atomic E-state index is 0.267. The molecule has 0 radical (unpaired) electrons. The van der Waals surface area contributed by atoms with E-state index in [1.807, 2.05) is 36.4 Å². The molecule has 4 nitrogen and oxygen atoms in total. The Morgan fingerprint density at radius 3 is 2.58 bits per heavy atom. The minimum atomic E-state index is -1.01. The molecular formula is C21H20FN3O. The first kappa shape index (κ1) is 16.6. The lowest BCUT2D eigenvalue weighted by Crippen LogP contribution is -2.18. The predicted molar refractivity (Wildman–Crippen MR) is 99.7 cm³/mol. The van der Waals surface area contributed by atoms with Gasteiger partial charge in [0.2, 0.25) is 5.91 Å². The highest BCUT2D eigenvalue weighted by Gasteiger charge is 2.43. The van der Waals surface area contributed by atoms with Gasteiger partial charge in [0.1, 0.15) is 12.2 Å². The Labute approximate surface area is 152 Å². The molecule has 132 valence electrons. The highest BCUT2D eigenvalue weighted by Crippen LogP contribution is 2.35. The number of nitriles is 1. The van der Waals surface area contributed by atoms with E-state index in [9.17, 15) is 14.4 Å². The third kappa shape index (κ3) is 3.28. The van der Waals surface area contributed by atoms with Gasteiger partial charge >= 0.3 is 0 Å². The van der Waals surface area contributed by atoms with Crippen LogP contribution >= 0.6 is 0 Å². The van der Waals surface area contributed by atoms with Crippen LogP contribution in [0.3, 0.4) is 0 Å². The number of rotatable bonds is 4. The Morgan fingerprint density at radius 2 is 1.88 bits per heavy atom. The van der Waals surface area contributed by atoms with Crippen molar-refractivity contribution in [1.82, 2.24) is 0 Å². The van der Waals surface area contributed by atoms with E-state index in [0.717, 1.165) is 42.7 Å². The molecule has 1 amide bonds. The summed E-state index contributed by atoms with van der Waals surface area (Å²) in [5.41, 5.74) is 4.14. The highest BCUT2D eigenvalue weighted by molar-refractivity contribution is 5.95. The largest absolute Gasteiger partial charge is 0.370 e. The van der Waals surface area contributed by atoms with Crippen molar-refractivity contribution in [3.63, 3.8) is 0 Å². The van der Waals surface area contributed by atoms with Gasteiger partial charge in [-0.05, 0) is 54.7 Å². The second-order valence-electron chi connectivity index (χ2n) is 6.97. The zero-order chi connectivity index (χ0) is 18.1. The van der Waals surface area contributed by atoms with E-state index in [2.05, 4.69) is 16.3 Å². The third-order valence-corrected chi connectivity index (χ3v) is 5.08. The fourth-order valence-corrected chi connectivity index (χ4v) is 3.49. The molecule has 0 bridgehead atoms. The molecule has 2 aromatic rings. The van der Waals surface area contributed by atoms with Crippen LogP contribution < -0.4 is 10.2 Å². The number of hydrogen-bond acceptors (Lipinski definition) is 3. The molecule has 2 fully saturated rings. The van der Waals surface area contributed by atoms with Crippen LogP contribution in [0.2, 0.25) is 0 Å². The van der Waals surface area contributed by atoms with Gasteiger partial charge in [-0.15, -0.1) is 0 Å². The van der Waals surface area contributed by atoms with Crippen molar-refractivity contribution < 1.29 is 9.18 Å². The number of carbonyl (C=O) groups excluding carboxylic acids is 1. The minimum Gasteiger partial charge on any atom is -0.370 e. The Kier molecular flexibility index (Phi) is 4.34. The first-order valence-corrected chi connectivity index (χ1v) is 9.00. The van der Waals surface area contributed by atoms with E-state index in [4.69, 9.17) is 0 Å². The Morgan fingerprint density at radius 1 is 1.15 bits per heavy atom. The summed E-state index contributed by atoms with van der Waals surface area (Å²) in [6, 6.07) is 15.7. The number of amides is 1. The molecule has 26 heavy (non-hydrogen) atoms. The van der Waals surface area contributed by atoms with Gasteiger partial charge in [-0.2, -0.15) is 5.26 Å². The fraction of sp³-hybridized carbons (Fsp3) is 0.333. The normalized spacial score (nSPS) is 21.3. The Hall–Kier alpha value is -2.87. The topological polar surface area (TPSA) is 56.1 Å². The summed E-state index contributed by atoms with van der Waals surface area (Å²) in [5, 5.41) is 12.3. The Balaban J connectivity index is 1.58. The Bertz CT molecular complexity index is 883. The van der Waals surface area contributed by atoms with Crippen molar-refractivity contribution in [3.8, 4) is 17.2 Å². The molecule has 2 atom stereocenters. The molecular weight excluding hydrogens is 329 g/mol. The van der Waals surface area contributed by atoms with E-state index in [0.29, 0.717) is 17.7 Å². The molecule has 1 aliphatic carbocycles. The summed E-state index contributed by atoms with van der Waals surface area (Å²) >= 11 is 0. The van der Waals surface area contributed by atoms with Crippen LogP contribution in [0.15, 0.2) is 42.5 Å². The third-order valence-electron chi connectivity index (χ3n) is 5.08. The lowest BCUT2D eigenvalue weighted by atomic mass is 10.0. The maximum atomic E-state index is 13.0. The van der Waals surface area contributed by atoms with Gasteiger partial charge in [-0.1, -0.05) is 18.2 Å². The summed E-state index contributed by atoms with van der Waals surface area (Å²) in [7, 11) is 0. The zero-order valence-corrected chi connectivity index (χ0v) is 14.4. The quantitative estimate of drug-likeness (QED) is 0.903. The lowest BCUT2D eigenvalue weighted by Gasteiger charge is -2.19. The average molecular weight is 349 g/mol. The summed E-state index contributed by atoms with van der Waals surface area (Å²) in [5.74, 6) is -0.777. The lowest BCUT2D eigenvalue weighted by molar-refractivity contribution is -0.117. The summed E-state index contributed by atoms with van der Waals surface area (Å²) in [6.45, 7) is 1.98. The van der Waals surface area contributed by atoms with Gasteiger partial charge < -0.3 is 10.2 Å². The summed E-state index contributed by atoms with van der Waals surface area (Å²) < 4.78 is 13.0. The van der Waals surface area contributed by atoms with Gasteiger partial charge in [-0.3, -0.25) is 4.79 Å². The van der Waals surface area contributed by atoms with Crippen molar-refractivity contribution in [2.24, 2.45) is 5.92 Å². The van der Waals surface area contributed by atoms with Crippen LogP contribution in [-0.4, -0.2) is 25.2 Å². The zero-order valence-electron chi connectivity index (χ0n) is 14.4. The second kappa shape index (κ2) is 6.80. The van der Waals surface area contributed by atoms with Crippen LogP contribution in [0.4, 0.5) is 15.8 Å². The predicted octanol–water partition coefficient (Wildman–Crippen LogP) is 4.12. The number of nitrogens with one attached hydrogen (secondary N) is 1. The van der Waals surface area contributed by atoms with Gasteiger partial charge in [0.15, 0.2) is 0 Å². The van der Waals surface area contributed by atoms with Gasteiger partial charge in [-0.25, -0.2) is 4.39 Å². The second-order valence-corrected chi connectivity index (χ2v) is 6.97. The first-order chi connectivity index (χ1) is 12.7. The SMILES string of the molecule is N#Cc1cc(-c2cccc(NC(=O)[C@H]3C[C@H]3F)c2)ccc1N1CCCC1. The van der Waals surface area contributed by atoms with Crippen LogP contribution in [0.1, 0.15) is 24.8 Å². The van der Waals surface area contributed by atoms with Crippen molar-refractivity contribution in [2.75, 3.05) is 23.3 Å². The molecule has 2 aliphatic rings. The molecule has 0 unspecified atom stereocenters. The summed E-state index contributed by atoms with van der Waals surface area (Å²) in [6.07, 6.45) is 1.63. The maximum absolute atomic E-state index is 13.0. The van der Waals surface area contributed by atoms with Crippen molar-refractivity contribution >= 4 is 17.3 Å². The number of alkyl halides is 1. The molecule has 0 spiro atoms. The van der Waals surface area contributed by atoms with Crippen LogP contribution in [0.25, 0.3) is 11.1 Å². The van der Waals surface area contributed by atoms with Crippen LogP contribution in [0.5, 0.6) is 0 Å². The van der Waals surface area contributed by atoms with Gasteiger partial charge in [0.05, 0.1) is 17.2 Å². The molecule has 1 saturated carbocycles. The number of hydrogen-bond donors (Lipinski definition) is 1. The van der Waals surface area contributed by atoms with E-state index >= 15 is 0 Å². The molecule has 1 aliphatic heterocycles. The summed E-state index contributed by atoms with van der Waals surface area (Å²) in [4.78, 5) is 14.2. The molecule has 1 saturated heterocycles. The van der Waals surface area contributed by atoms with Gasteiger partial charge in [0, 0.05) is 18.8 Å². The van der Waals surface area contributed by atoms with Crippen molar-refractivity contribution in [2.45, 2.75) is 25.4 Å². The first-order valence-electron chi connectivity index (χ1n) is 9.00. The van der Waals surface area contributed by atoms with Gasteiger partial charge in [0.25, 0.3) is 0 Å². The smallest absolute Gasteiger partial charge is 0.230 e. The molecule has 1 N–H and O–H groups in total. The monoisotopic (exact) mass is 349 g/mol. The van der Waals surface area contributed by atoms with E-state index in [1.54, 1.807) is 6.07 Å². The number of benzene rings is 2.